The minimum atomic E-state index is -0.921. The molecule has 7 nitrogen and oxygen atoms in total. The van der Waals surface area contributed by atoms with Crippen LogP contribution in [0, 0.1) is 5.92 Å². The number of carbonyl (C=O) groups excluding carboxylic acids is 3. The van der Waals surface area contributed by atoms with Crippen LogP contribution in [-0.4, -0.2) is 36.6 Å². The minimum Gasteiger partial charge on any atom is -0.464 e. The molecule has 2 heterocycles. The predicted octanol–water partition coefficient (Wildman–Crippen LogP) is -0.323. The van der Waals surface area contributed by atoms with Crippen LogP contribution >= 0.6 is 0 Å². The third kappa shape index (κ3) is 1.59. The number of ether oxygens (including phenoxy) is 1. The molecular formula is C13H11N3O4. The summed E-state index contributed by atoms with van der Waals surface area (Å²) in [7, 11) is 1.20. The molecule has 0 aliphatic carbocycles. The quantitative estimate of drug-likeness (QED) is 0.589. The molecule has 7 heteroatoms. The summed E-state index contributed by atoms with van der Waals surface area (Å²) in [6, 6.07) is 7.73. The second-order valence-corrected chi connectivity index (χ2v) is 4.42. The van der Waals surface area contributed by atoms with Gasteiger partial charge < -0.3 is 4.74 Å². The lowest BCUT2D eigenvalue weighted by Crippen LogP contribution is -2.36. The Hall–Kier alpha value is -2.70. The molecule has 0 radical (unpaired) electrons. The van der Waals surface area contributed by atoms with E-state index in [9.17, 15) is 14.4 Å². The van der Waals surface area contributed by atoms with Crippen molar-refractivity contribution in [3.63, 3.8) is 0 Å². The fraction of sp³-hybridized carbons (Fsp3) is 0.231. The van der Waals surface area contributed by atoms with Crippen molar-refractivity contribution in [1.82, 2.24) is 5.43 Å². The minimum absolute atomic E-state index is 0.0609. The van der Waals surface area contributed by atoms with Crippen LogP contribution in [0.4, 0.5) is 5.69 Å². The molecule has 1 aromatic rings. The van der Waals surface area contributed by atoms with Gasteiger partial charge in [-0.2, -0.15) is 5.10 Å². The third-order valence-electron chi connectivity index (χ3n) is 3.33. The number of hydrogen-bond donors (Lipinski definition) is 1. The number of amides is 2. The summed E-state index contributed by atoms with van der Waals surface area (Å²) >= 11 is 0. The van der Waals surface area contributed by atoms with Gasteiger partial charge in [-0.1, -0.05) is 18.2 Å². The van der Waals surface area contributed by atoms with E-state index in [0.717, 1.165) is 4.90 Å². The van der Waals surface area contributed by atoms with Crippen LogP contribution in [0.3, 0.4) is 0 Å². The molecule has 2 aliphatic heterocycles. The van der Waals surface area contributed by atoms with Crippen LogP contribution in [0.1, 0.15) is 0 Å². The fourth-order valence-corrected chi connectivity index (χ4v) is 2.39. The zero-order chi connectivity index (χ0) is 14.3. The van der Waals surface area contributed by atoms with Gasteiger partial charge in [0.1, 0.15) is 12.0 Å². The summed E-state index contributed by atoms with van der Waals surface area (Å²) in [4.78, 5) is 37.3. The molecule has 0 bridgehead atoms. The van der Waals surface area contributed by atoms with E-state index in [0.29, 0.717) is 5.69 Å². The summed E-state index contributed by atoms with van der Waals surface area (Å²) in [5.74, 6) is -2.52. The maximum atomic E-state index is 12.4. The molecule has 3 rings (SSSR count). The van der Waals surface area contributed by atoms with Gasteiger partial charge in [0.25, 0.3) is 5.91 Å². The summed E-state index contributed by atoms with van der Waals surface area (Å²) < 4.78 is 4.58. The topological polar surface area (TPSA) is 88.1 Å². The molecule has 0 saturated carbocycles. The average Bonchev–Trinajstić information content (AvgIpc) is 3.01. The van der Waals surface area contributed by atoms with Crippen LogP contribution in [0.2, 0.25) is 0 Å². The van der Waals surface area contributed by atoms with Crippen molar-refractivity contribution < 1.29 is 19.1 Å². The third-order valence-corrected chi connectivity index (χ3v) is 3.33. The van der Waals surface area contributed by atoms with Gasteiger partial charge in [0.15, 0.2) is 5.71 Å². The molecule has 0 aromatic heterocycles. The Morgan fingerprint density at radius 1 is 1.25 bits per heavy atom. The lowest BCUT2D eigenvalue weighted by atomic mass is 9.99. The highest BCUT2D eigenvalue weighted by Crippen LogP contribution is 2.30. The molecular weight excluding hydrogens is 262 g/mol. The number of para-hydroxylation sites is 1. The number of hydrogen-bond acceptors (Lipinski definition) is 6. The van der Waals surface area contributed by atoms with Crippen LogP contribution in [0.15, 0.2) is 35.4 Å². The Morgan fingerprint density at radius 3 is 2.60 bits per heavy atom. The largest absolute Gasteiger partial charge is 0.464 e. The normalized spacial score (nSPS) is 24.2. The zero-order valence-electron chi connectivity index (χ0n) is 10.6. The van der Waals surface area contributed by atoms with Gasteiger partial charge in [-0.05, 0) is 12.1 Å². The molecule has 2 aliphatic rings. The Labute approximate surface area is 114 Å². The van der Waals surface area contributed by atoms with E-state index in [1.807, 2.05) is 0 Å². The molecule has 0 unspecified atom stereocenters. The van der Waals surface area contributed by atoms with Crippen LogP contribution < -0.4 is 10.3 Å². The number of rotatable bonds is 2. The first-order valence-electron chi connectivity index (χ1n) is 5.99. The second kappa shape index (κ2) is 4.44. The molecule has 1 aromatic carbocycles. The molecule has 1 N–H and O–H groups in total. The van der Waals surface area contributed by atoms with Crippen LogP contribution in [-0.2, 0) is 19.1 Å². The molecule has 102 valence electrons. The maximum absolute atomic E-state index is 12.4. The number of esters is 1. The van der Waals surface area contributed by atoms with E-state index in [2.05, 4.69) is 15.3 Å². The predicted molar refractivity (Wildman–Crippen MR) is 68.8 cm³/mol. The van der Waals surface area contributed by atoms with Gasteiger partial charge >= 0.3 is 5.97 Å². The molecule has 2 atom stereocenters. The molecule has 1 fully saturated rings. The van der Waals surface area contributed by atoms with Gasteiger partial charge in [-0.15, -0.1) is 0 Å². The van der Waals surface area contributed by atoms with Crippen molar-refractivity contribution in [2.45, 2.75) is 6.04 Å². The van der Waals surface area contributed by atoms with E-state index < -0.39 is 29.7 Å². The van der Waals surface area contributed by atoms with Crippen LogP contribution in [0.5, 0.6) is 0 Å². The Bertz CT molecular complexity index is 626. The maximum Gasteiger partial charge on any atom is 0.355 e. The number of hydrazone groups is 1. The van der Waals surface area contributed by atoms with Crippen molar-refractivity contribution >= 4 is 29.2 Å². The first kappa shape index (κ1) is 12.3. The van der Waals surface area contributed by atoms with Gasteiger partial charge in [0, 0.05) is 0 Å². The van der Waals surface area contributed by atoms with Gasteiger partial charge in [0.2, 0.25) is 5.91 Å². The number of fused-ring (bicyclic) bond motifs is 1. The van der Waals surface area contributed by atoms with Crippen LogP contribution in [0.25, 0.3) is 0 Å². The number of methoxy groups -OCH3 is 1. The number of benzene rings is 1. The smallest absolute Gasteiger partial charge is 0.355 e. The average molecular weight is 273 g/mol. The standard InChI is InChI=1S/C13H11N3O4/c1-20-13(19)10-8-9(14-15-10)12(18)16(11(8)17)7-5-3-2-4-6-7/h2-6,8-9,14H,1H3/t8-,9-/m0/s1. The molecule has 1 saturated heterocycles. The highest BCUT2D eigenvalue weighted by molar-refractivity contribution is 6.46. The van der Waals surface area contributed by atoms with Crippen molar-refractivity contribution in [2.75, 3.05) is 12.0 Å². The second-order valence-electron chi connectivity index (χ2n) is 4.42. The summed E-state index contributed by atoms with van der Waals surface area (Å²) in [5.41, 5.74) is 2.95. The number of carbonyl (C=O) groups is 3. The highest BCUT2D eigenvalue weighted by Gasteiger charge is 2.55. The van der Waals surface area contributed by atoms with Crippen molar-refractivity contribution in [2.24, 2.45) is 11.0 Å². The first-order valence-corrected chi connectivity index (χ1v) is 5.99. The van der Waals surface area contributed by atoms with E-state index in [-0.39, 0.29) is 5.71 Å². The van der Waals surface area contributed by atoms with Crippen molar-refractivity contribution in [3.8, 4) is 0 Å². The monoisotopic (exact) mass is 273 g/mol. The Kier molecular flexibility index (Phi) is 2.74. The van der Waals surface area contributed by atoms with E-state index in [1.54, 1.807) is 30.3 Å². The summed E-state index contributed by atoms with van der Waals surface area (Å²) in [6.45, 7) is 0. The summed E-state index contributed by atoms with van der Waals surface area (Å²) in [5, 5.41) is 3.74. The lowest BCUT2D eigenvalue weighted by molar-refractivity contribution is -0.133. The van der Waals surface area contributed by atoms with E-state index in [4.69, 9.17) is 0 Å². The van der Waals surface area contributed by atoms with Crippen molar-refractivity contribution in [3.05, 3.63) is 30.3 Å². The highest BCUT2D eigenvalue weighted by atomic mass is 16.5. The van der Waals surface area contributed by atoms with E-state index >= 15 is 0 Å². The molecule has 0 spiro atoms. The number of imide groups is 1. The van der Waals surface area contributed by atoms with E-state index in [1.165, 1.54) is 7.11 Å². The lowest BCUT2D eigenvalue weighted by Gasteiger charge is -2.15. The number of nitrogens with one attached hydrogen (secondary N) is 1. The number of nitrogens with zero attached hydrogens (tertiary/aromatic N) is 2. The summed E-state index contributed by atoms with van der Waals surface area (Å²) in [6.07, 6.45) is 0. The molecule has 2 amide bonds. The fourth-order valence-electron chi connectivity index (χ4n) is 2.39. The van der Waals surface area contributed by atoms with Gasteiger partial charge in [-0.25, -0.2) is 9.69 Å². The van der Waals surface area contributed by atoms with Crippen molar-refractivity contribution in [1.29, 1.82) is 0 Å². The molecule has 20 heavy (non-hydrogen) atoms. The Morgan fingerprint density at radius 2 is 1.95 bits per heavy atom. The van der Waals surface area contributed by atoms with Gasteiger partial charge in [0.05, 0.1) is 12.8 Å². The Balaban J connectivity index is 1.97. The first-order chi connectivity index (χ1) is 9.65. The zero-order valence-corrected chi connectivity index (χ0v) is 10.6. The van der Waals surface area contributed by atoms with Gasteiger partial charge in [-0.3, -0.25) is 15.0 Å². The number of anilines is 1. The SMILES string of the molecule is COC(=O)C1=NN[C@@H]2C(=O)N(c3ccccc3)C(=O)[C@H]12.